The van der Waals surface area contributed by atoms with Gasteiger partial charge in [0.1, 0.15) is 0 Å². The van der Waals surface area contributed by atoms with Crippen LogP contribution in [-0.4, -0.2) is 30.6 Å². The maximum Gasteiger partial charge on any atom is 0.0101 e. The van der Waals surface area contributed by atoms with Crippen molar-refractivity contribution in [1.29, 1.82) is 0 Å². The maximum absolute atomic E-state index is 5.91. The zero-order chi connectivity index (χ0) is 13.8. The lowest BCUT2D eigenvalue weighted by Gasteiger charge is -2.44. The molecule has 0 aromatic carbocycles. The molecule has 2 nitrogen and oxygen atoms in total. The first-order valence-corrected chi connectivity index (χ1v) is 7.74. The molecule has 1 rings (SSSR count). The van der Waals surface area contributed by atoms with Crippen LogP contribution >= 0.6 is 0 Å². The van der Waals surface area contributed by atoms with Crippen LogP contribution in [-0.2, 0) is 0 Å². The van der Waals surface area contributed by atoms with E-state index in [1.165, 1.54) is 38.6 Å². The predicted octanol–water partition coefficient (Wildman–Crippen LogP) is 3.65. The summed E-state index contributed by atoms with van der Waals surface area (Å²) >= 11 is 0. The van der Waals surface area contributed by atoms with Crippen molar-refractivity contribution < 1.29 is 0 Å². The number of nitrogens with two attached hydrogens (primary N) is 1. The molecule has 0 heterocycles. The lowest BCUT2D eigenvalue weighted by atomic mass is 9.74. The second-order valence-corrected chi connectivity index (χ2v) is 7.75. The molecule has 1 aliphatic carbocycles. The highest BCUT2D eigenvalue weighted by molar-refractivity contribution is 4.87. The molecule has 1 fully saturated rings. The van der Waals surface area contributed by atoms with Crippen molar-refractivity contribution in [2.45, 2.75) is 72.8 Å². The van der Waals surface area contributed by atoms with Crippen LogP contribution in [0.3, 0.4) is 0 Å². The summed E-state index contributed by atoms with van der Waals surface area (Å²) in [7, 11) is 0. The first-order valence-electron chi connectivity index (χ1n) is 7.74. The molecule has 108 valence electrons. The first kappa shape index (κ1) is 16.0. The van der Waals surface area contributed by atoms with Crippen LogP contribution in [0.1, 0.15) is 66.7 Å². The summed E-state index contributed by atoms with van der Waals surface area (Å²) in [5.74, 6) is 0. The van der Waals surface area contributed by atoms with Gasteiger partial charge in [-0.1, -0.05) is 41.0 Å². The van der Waals surface area contributed by atoms with Gasteiger partial charge in [-0.15, -0.1) is 0 Å². The number of rotatable bonds is 6. The van der Waals surface area contributed by atoms with E-state index in [1.54, 1.807) is 0 Å². The zero-order valence-electron chi connectivity index (χ0n) is 13.3. The van der Waals surface area contributed by atoms with Crippen molar-refractivity contribution in [3.63, 3.8) is 0 Å². The molecular weight excluding hydrogens is 220 g/mol. The summed E-state index contributed by atoms with van der Waals surface area (Å²) < 4.78 is 0. The van der Waals surface area contributed by atoms with Crippen molar-refractivity contribution in [2.24, 2.45) is 16.6 Å². The molecule has 0 aliphatic heterocycles. The monoisotopic (exact) mass is 254 g/mol. The fourth-order valence-electron chi connectivity index (χ4n) is 3.26. The van der Waals surface area contributed by atoms with E-state index in [-0.39, 0.29) is 5.41 Å². The second kappa shape index (κ2) is 6.38. The van der Waals surface area contributed by atoms with Gasteiger partial charge in [-0.3, -0.25) is 4.90 Å². The molecule has 2 heteroatoms. The van der Waals surface area contributed by atoms with Crippen molar-refractivity contribution in [1.82, 2.24) is 4.90 Å². The predicted molar refractivity (Wildman–Crippen MR) is 80.7 cm³/mol. The fourth-order valence-corrected chi connectivity index (χ4v) is 3.26. The molecule has 0 aromatic rings. The molecule has 0 spiro atoms. The summed E-state index contributed by atoms with van der Waals surface area (Å²) in [5, 5.41) is 0. The minimum absolute atomic E-state index is 0.247. The molecule has 0 amide bonds. The lowest BCUT2D eigenvalue weighted by Crippen LogP contribution is -2.47. The van der Waals surface area contributed by atoms with E-state index in [2.05, 4.69) is 39.5 Å². The van der Waals surface area contributed by atoms with Crippen LogP contribution in [0.25, 0.3) is 0 Å². The van der Waals surface area contributed by atoms with Crippen molar-refractivity contribution in [2.75, 3.05) is 19.6 Å². The fraction of sp³-hybridized carbons (Fsp3) is 1.00. The Balaban J connectivity index is 2.66. The van der Waals surface area contributed by atoms with Crippen molar-refractivity contribution in [3.05, 3.63) is 0 Å². The Hall–Kier alpha value is -0.0800. The van der Waals surface area contributed by atoms with Gasteiger partial charge in [0.2, 0.25) is 0 Å². The van der Waals surface area contributed by atoms with E-state index in [1.807, 2.05) is 0 Å². The van der Waals surface area contributed by atoms with Gasteiger partial charge in [0, 0.05) is 12.6 Å². The SMILES string of the molecule is CCCN(CC(C)(C)CN)C1CCCC(C)(C)C1. The summed E-state index contributed by atoms with van der Waals surface area (Å²) in [6, 6.07) is 0.777. The molecule has 0 aromatic heterocycles. The van der Waals surface area contributed by atoms with Gasteiger partial charge >= 0.3 is 0 Å². The Labute approximate surface area is 114 Å². The Kier molecular flexibility index (Phi) is 5.67. The first-order chi connectivity index (χ1) is 8.29. The van der Waals surface area contributed by atoms with Crippen LogP contribution in [0.2, 0.25) is 0 Å². The van der Waals surface area contributed by atoms with Crippen molar-refractivity contribution >= 4 is 0 Å². The van der Waals surface area contributed by atoms with E-state index in [0.29, 0.717) is 5.41 Å². The molecule has 1 atom stereocenters. The highest BCUT2D eigenvalue weighted by Crippen LogP contribution is 2.38. The van der Waals surface area contributed by atoms with Crippen molar-refractivity contribution in [3.8, 4) is 0 Å². The normalized spacial score (nSPS) is 24.5. The largest absolute Gasteiger partial charge is 0.330 e. The van der Waals surface area contributed by atoms with Gasteiger partial charge in [0.15, 0.2) is 0 Å². The van der Waals surface area contributed by atoms with Gasteiger partial charge in [-0.2, -0.15) is 0 Å². The average Bonchev–Trinajstić information content (AvgIpc) is 2.27. The lowest BCUT2D eigenvalue weighted by molar-refractivity contribution is 0.0656. The van der Waals surface area contributed by atoms with E-state index in [0.717, 1.165) is 19.1 Å². The smallest absolute Gasteiger partial charge is 0.0101 e. The van der Waals surface area contributed by atoms with Gasteiger partial charge in [0.25, 0.3) is 0 Å². The Morgan fingerprint density at radius 2 is 2.00 bits per heavy atom. The second-order valence-electron chi connectivity index (χ2n) is 7.75. The molecule has 0 bridgehead atoms. The quantitative estimate of drug-likeness (QED) is 0.784. The number of hydrogen-bond acceptors (Lipinski definition) is 2. The average molecular weight is 254 g/mol. The zero-order valence-corrected chi connectivity index (χ0v) is 13.3. The molecular formula is C16H34N2. The molecule has 0 radical (unpaired) electrons. The Bertz CT molecular complexity index is 245. The van der Waals surface area contributed by atoms with Crippen LogP contribution in [0.15, 0.2) is 0 Å². The topological polar surface area (TPSA) is 29.3 Å². The molecule has 18 heavy (non-hydrogen) atoms. The highest BCUT2D eigenvalue weighted by atomic mass is 15.2. The Morgan fingerprint density at radius 1 is 1.33 bits per heavy atom. The molecule has 1 unspecified atom stereocenters. The molecule has 1 aliphatic rings. The summed E-state index contributed by atoms with van der Waals surface area (Å²) in [6.45, 7) is 14.9. The van der Waals surface area contributed by atoms with Gasteiger partial charge in [0.05, 0.1) is 0 Å². The van der Waals surface area contributed by atoms with E-state index < -0.39 is 0 Å². The minimum atomic E-state index is 0.247. The van der Waals surface area contributed by atoms with E-state index in [9.17, 15) is 0 Å². The van der Waals surface area contributed by atoms with Crippen LogP contribution in [0.4, 0.5) is 0 Å². The van der Waals surface area contributed by atoms with Gasteiger partial charge < -0.3 is 5.73 Å². The molecule has 2 N–H and O–H groups in total. The van der Waals surface area contributed by atoms with Crippen LogP contribution < -0.4 is 5.73 Å². The summed E-state index contributed by atoms with van der Waals surface area (Å²) in [6.07, 6.45) is 6.76. The Morgan fingerprint density at radius 3 is 2.50 bits per heavy atom. The van der Waals surface area contributed by atoms with Crippen LogP contribution in [0, 0.1) is 10.8 Å². The minimum Gasteiger partial charge on any atom is -0.330 e. The molecule has 1 saturated carbocycles. The number of hydrogen-bond donors (Lipinski definition) is 1. The number of nitrogens with zero attached hydrogens (tertiary/aromatic N) is 1. The third-order valence-corrected chi connectivity index (χ3v) is 4.39. The molecule has 0 saturated heterocycles. The van der Waals surface area contributed by atoms with Gasteiger partial charge in [-0.05, 0) is 49.6 Å². The summed E-state index contributed by atoms with van der Waals surface area (Å²) in [5.41, 5.74) is 6.68. The third kappa shape index (κ3) is 4.89. The van der Waals surface area contributed by atoms with Crippen LogP contribution in [0.5, 0.6) is 0 Å². The maximum atomic E-state index is 5.91. The standard InChI is InChI=1S/C16H34N2/c1-6-10-18(13-16(4,5)12-17)14-8-7-9-15(2,3)11-14/h14H,6-13,17H2,1-5H3. The van der Waals surface area contributed by atoms with Gasteiger partial charge in [-0.25, -0.2) is 0 Å². The highest BCUT2D eigenvalue weighted by Gasteiger charge is 2.33. The van der Waals surface area contributed by atoms with E-state index >= 15 is 0 Å². The summed E-state index contributed by atoms with van der Waals surface area (Å²) in [4.78, 5) is 2.72. The van der Waals surface area contributed by atoms with E-state index in [4.69, 9.17) is 5.73 Å². The third-order valence-electron chi connectivity index (χ3n) is 4.39.